The summed E-state index contributed by atoms with van der Waals surface area (Å²) in [6.45, 7) is 8.85. The average Bonchev–Trinajstić information content (AvgIpc) is 2.36. The Morgan fingerprint density at radius 3 is 2.53 bits per heavy atom. The summed E-state index contributed by atoms with van der Waals surface area (Å²) in [7, 11) is 0. The fraction of sp³-hybridized carbons (Fsp3) is 0.933. The van der Waals surface area contributed by atoms with Gasteiger partial charge in [-0.2, -0.15) is 0 Å². The van der Waals surface area contributed by atoms with Gasteiger partial charge in [0.25, 0.3) is 0 Å². The molecule has 2 unspecified atom stereocenters. The van der Waals surface area contributed by atoms with Crippen LogP contribution in [0.5, 0.6) is 0 Å². The van der Waals surface area contributed by atoms with E-state index in [9.17, 15) is 9.90 Å². The molecule has 1 amide bonds. The fourth-order valence-corrected chi connectivity index (χ4v) is 2.80. The maximum absolute atomic E-state index is 11.8. The van der Waals surface area contributed by atoms with Crippen molar-refractivity contribution in [3.63, 3.8) is 0 Å². The fourth-order valence-electron chi connectivity index (χ4n) is 2.80. The molecular weight excluding hydrogens is 240 g/mol. The van der Waals surface area contributed by atoms with E-state index in [1.807, 2.05) is 0 Å². The molecule has 3 N–H and O–H groups in total. The summed E-state index contributed by atoms with van der Waals surface area (Å²) in [6.07, 6.45) is 3.25. The highest BCUT2D eigenvalue weighted by molar-refractivity contribution is 5.76. The zero-order valence-corrected chi connectivity index (χ0v) is 12.6. The van der Waals surface area contributed by atoms with Crippen LogP contribution < -0.4 is 10.6 Å². The van der Waals surface area contributed by atoms with Crippen molar-refractivity contribution in [1.82, 2.24) is 10.6 Å². The minimum absolute atomic E-state index is 0.0776. The van der Waals surface area contributed by atoms with E-state index in [1.54, 1.807) is 0 Å². The Balaban J connectivity index is 2.19. The summed E-state index contributed by atoms with van der Waals surface area (Å²) in [5.41, 5.74) is 0. The average molecular weight is 270 g/mol. The molecule has 1 heterocycles. The molecule has 0 bridgehead atoms. The van der Waals surface area contributed by atoms with E-state index >= 15 is 0 Å². The topological polar surface area (TPSA) is 61.4 Å². The van der Waals surface area contributed by atoms with Gasteiger partial charge < -0.3 is 15.7 Å². The first-order valence-corrected chi connectivity index (χ1v) is 7.64. The van der Waals surface area contributed by atoms with Gasteiger partial charge in [0.15, 0.2) is 0 Å². The lowest BCUT2D eigenvalue weighted by Crippen LogP contribution is -2.36. The van der Waals surface area contributed by atoms with Crippen molar-refractivity contribution in [2.24, 2.45) is 17.8 Å². The molecule has 4 nitrogen and oxygen atoms in total. The second-order valence-corrected chi connectivity index (χ2v) is 6.36. The number of aliphatic hydroxyl groups is 1. The van der Waals surface area contributed by atoms with Crippen molar-refractivity contribution in [2.75, 3.05) is 19.6 Å². The van der Waals surface area contributed by atoms with E-state index in [4.69, 9.17) is 0 Å². The highest BCUT2D eigenvalue weighted by Gasteiger charge is 2.22. The normalized spacial score (nSPS) is 20.3. The van der Waals surface area contributed by atoms with E-state index < -0.39 is 6.10 Å². The Morgan fingerprint density at radius 1 is 1.32 bits per heavy atom. The lowest BCUT2D eigenvalue weighted by Gasteiger charge is -2.28. The number of piperidine rings is 1. The number of nitrogens with one attached hydrogen (secondary N) is 2. The molecule has 19 heavy (non-hydrogen) atoms. The number of amides is 1. The van der Waals surface area contributed by atoms with Crippen LogP contribution in [-0.2, 0) is 4.79 Å². The van der Waals surface area contributed by atoms with Gasteiger partial charge in [-0.15, -0.1) is 0 Å². The van der Waals surface area contributed by atoms with Gasteiger partial charge in [-0.05, 0) is 50.1 Å². The molecule has 1 rings (SSSR count). The molecule has 2 atom stereocenters. The molecule has 0 saturated carbocycles. The molecule has 1 aliphatic rings. The summed E-state index contributed by atoms with van der Waals surface area (Å²) >= 11 is 0. The lowest BCUT2D eigenvalue weighted by atomic mass is 9.84. The van der Waals surface area contributed by atoms with Crippen LogP contribution in [-0.4, -0.2) is 36.8 Å². The van der Waals surface area contributed by atoms with E-state index in [1.165, 1.54) is 12.8 Å². The number of aliphatic hydroxyl groups excluding tert-OH is 1. The van der Waals surface area contributed by atoms with Gasteiger partial charge in [-0.25, -0.2) is 0 Å². The Labute approximate surface area is 117 Å². The Bertz CT molecular complexity index is 263. The number of rotatable bonds is 7. The third-order valence-electron chi connectivity index (χ3n) is 3.97. The second-order valence-electron chi connectivity index (χ2n) is 6.36. The minimum atomic E-state index is -0.418. The highest BCUT2D eigenvalue weighted by Crippen LogP contribution is 2.24. The van der Waals surface area contributed by atoms with E-state index in [2.05, 4.69) is 31.4 Å². The number of carbonyl (C=O) groups excluding carboxylic acids is 1. The van der Waals surface area contributed by atoms with Gasteiger partial charge in [0.05, 0.1) is 6.10 Å². The van der Waals surface area contributed by atoms with Crippen LogP contribution in [0, 0.1) is 17.8 Å². The van der Waals surface area contributed by atoms with Crippen molar-refractivity contribution in [2.45, 2.75) is 52.6 Å². The number of hydrogen-bond donors (Lipinski definition) is 3. The Kier molecular flexibility index (Phi) is 7.39. The lowest BCUT2D eigenvalue weighted by molar-refractivity contribution is -0.122. The van der Waals surface area contributed by atoms with Gasteiger partial charge >= 0.3 is 0 Å². The van der Waals surface area contributed by atoms with Crippen LogP contribution in [0.4, 0.5) is 0 Å². The highest BCUT2D eigenvalue weighted by atomic mass is 16.3. The SMILES string of the molecule is CC(C)CC(O)CNC(=O)CC(C)C1CCNCC1. The molecule has 1 fully saturated rings. The third-order valence-corrected chi connectivity index (χ3v) is 3.97. The summed E-state index contributed by atoms with van der Waals surface area (Å²) in [6, 6.07) is 0. The summed E-state index contributed by atoms with van der Waals surface area (Å²) < 4.78 is 0. The van der Waals surface area contributed by atoms with Crippen molar-refractivity contribution >= 4 is 5.91 Å². The van der Waals surface area contributed by atoms with Crippen LogP contribution in [0.3, 0.4) is 0 Å². The molecule has 0 aromatic heterocycles. The van der Waals surface area contributed by atoms with Gasteiger partial charge in [-0.3, -0.25) is 4.79 Å². The van der Waals surface area contributed by atoms with Crippen molar-refractivity contribution in [3.05, 3.63) is 0 Å². The second kappa shape index (κ2) is 8.54. The number of carbonyl (C=O) groups is 1. The molecule has 0 aromatic carbocycles. The first kappa shape index (κ1) is 16.4. The summed E-state index contributed by atoms with van der Waals surface area (Å²) in [4.78, 5) is 11.8. The van der Waals surface area contributed by atoms with Crippen molar-refractivity contribution < 1.29 is 9.90 Å². The molecule has 1 aliphatic heterocycles. The first-order chi connectivity index (χ1) is 8.99. The predicted molar refractivity (Wildman–Crippen MR) is 77.8 cm³/mol. The quantitative estimate of drug-likeness (QED) is 0.657. The van der Waals surface area contributed by atoms with Gasteiger partial charge in [0, 0.05) is 13.0 Å². The molecule has 0 aliphatic carbocycles. The zero-order valence-electron chi connectivity index (χ0n) is 12.6. The van der Waals surface area contributed by atoms with Gasteiger partial charge in [-0.1, -0.05) is 20.8 Å². The summed E-state index contributed by atoms with van der Waals surface area (Å²) in [5.74, 6) is 1.63. The van der Waals surface area contributed by atoms with Crippen LogP contribution in [0.1, 0.15) is 46.5 Å². The van der Waals surface area contributed by atoms with E-state index in [0.717, 1.165) is 19.5 Å². The van der Waals surface area contributed by atoms with Crippen LogP contribution in [0.2, 0.25) is 0 Å². The maximum atomic E-state index is 11.8. The van der Waals surface area contributed by atoms with Crippen molar-refractivity contribution in [3.8, 4) is 0 Å². The third kappa shape index (κ3) is 6.92. The van der Waals surface area contributed by atoms with Gasteiger partial charge in [0.2, 0.25) is 5.91 Å². The van der Waals surface area contributed by atoms with Crippen LogP contribution in [0.25, 0.3) is 0 Å². The van der Waals surface area contributed by atoms with Gasteiger partial charge in [0.1, 0.15) is 0 Å². The molecular formula is C15H30N2O2. The summed E-state index contributed by atoms with van der Waals surface area (Å²) in [5, 5.41) is 15.9. The molecule has 0 aromatic rings. The van der Waals surface area contributed by atoms with E-state index in [0.29, 0.717) is 30.7 Å². The molecule has 0 spiro atoms. The Morgan fingerprint density at radius 2 is 1.95 bits per heavy atom. The largest absolute Gasteiger partial charge is 0.391 e. The van der Waals surface area contributed by atoms with Crippen molar-refractivity contribution in [1.29, 1.82) is 0 Å². The molecule has 4 heteroatoms. The van der Waals surface area contributed by atoms with E-state index in [-0.39, 0.29) is 5.91 Å². The predicted octanol–water partition coefficient (Wildman–Crippen LogP) is 1.54. The van der Waals surface area contributed by atoms with Crippen LogP contribution >= 0.6 is 0 Å². The Hall–Kier alpha value is -0.610. The van der Waals surface area contributed by atoms with Crippen LogP contribution in [0.15, 0.2) is 0 Å². The maximum Gasteiger partial charge on any atom is 0.220 e. The minimum Gasteiger partial charge on any atom is -0.391 e. The molecule has 0 radical (unpaired) electrons. The molecule has 1 saturated heterocycles. The monoisotopic (exact) mass is 270 g/mol. The zero-order chi connectivity index (χ0) is 14.3. The smallest absolute Gasteiger partial charge is 0.220 e. The molecule has 112 valence electrons. The first-order valence-electron chi connectivity index (χ1n) is 7.64. The number of hydrogen-bond acceptors (Lipinski definition) is 3. The standard InChI is InChI=1S/C15H30N2O2/c1-11(2)8-14(18)10-17-15(19)9-12(3)13-4-6-16-7-5-13/h11-14,16,18H,4-10H2,1-3H3,(H,17,19).